The molecule has 0 aromatic rings. The molecular weight excluding hydrogens is 180 g/mol. The van der Waals surface area contributed by atoms with E-state index in [1.807, 2.05) is 13.8 Å². The highest BCUT2D eigenvalue weighted by atomic mass is 16.2. The number of nitrogens with one attached hydrogen (secondary N) is 1. The van der Waals surface area contributed by atoms with Gasteiger partial charge in [0.15, 0.2) is 0 Å². The van der Waals surface area contributed by atoms with Crippen LogP contribution in [0, 0.1) is 5.92 Å². The molecule has 0 aromatic carbocycles. The van der Waals surface area contributed by atoms with Crippen LogP contribution in [-0.2, 0) is 9.59 Å². The van der Waals surface area contributed by atoms with Crippen LogP contribution in [-0.4, -0.2) is 37.4 Å². The van der Waals surface area contributed by atoms with Gasteiger partial charge in [0.2, 0.25) is 11.8 Å². The zero-order valence-electron chi connectivity index (χ0n) is 9.46. The molecule has 0 unspecified atom stereocenters. The van der Waals surface area contributed by atoms with Crippen molar-refractivity contribution in [2.75, 3.05) is 20.6 Å². The van der Waals surface area contributed by atoms with Crippen molar-refractivity contribution >= 4 is 11.8 Å². The molecule has 1 N–H and O–H groups in total. The van der Waals surface area contributed by atoms with E-state index in [0.29, 0.717) is 25.3 Å². The van der Waals surface area contributed by atoms with Gasteiger partial charge in [0.25, 0.3) is 0 Å². The summed E-state index contributed by atoms with van der Waals surface area (Å²) in [4.78, 5) is 23.8. The number of carbonyl (C=O) groups excluding carboxylic acids is 2. The maximum absolute atomic E-state index is 11.2. The van der Waals surface area contributed by atoms with Gasteiger partial charge in [-0.2, -0.15) is 0 Å². The summed E-state index contributed by atoms with van der Waals surface area (Å²) in [6, 6.07) is 0. The topological polar surface area (TPSA) is 49.4 Å². The number of hydrogen-bond acceptors (Lipinski definition) is 2. The lowest BCUT2D eigenvalue weighted by molar-refractivity contribution is -0.128. The second-order valence-electron chi connectivity index (χ2n) is 3.99. The molecule has 0 fully saturated rings. The average molecular weight is 200 g/mol. The maximum Gasteiger partial charge on any atom is 0.223 e. The second kappa shape index (κ2) is 6.40. The third-order valence-corrected chi connectivity index (χ3v) is 1.75. The minimum absolute atomic E-state index is 0.0200. The predicted octanol–water partition coefficient (Wildman–Crippen LogP) is 0.627. The van der Waals surface area contributed by atoms with Crippen molar-refractivity contribution in [2.24, 2.45) is 5.92 Å². The summed E-state index contributed by atoms with van der Waals surface area (Å²) >= 11 is 0. The highest BCUT2D eigenvalue weighted by Gasteiger charge is 2.06. The van der Waals surface area contributed by atoms with Gasteiger partial charge in [-0.1, -0.05) is 13.8 Å². The quantitative estimate of drug-likeness (QED) is 0.707. The summed E-state index contributed by atoms with van der Waals surface area (Å²) in [5.41, 5.74) is 0. The van der Waals surface area contributed by atoms with E-state index in [1.165, 1.54) is 4.90 Å². The molecule has 0 saturated heterocycles. The van der Waals surface area contributed by atoms with Gasteiger partial charge in [-0.25, -0.2) is 0 Å². The van der Waals surface area contributed by atoms with Gasteiger partial charge >= 0.3 is 0 Å². The minimum atomic E-state index is 0.0200. The fourth-order valence-corrected chi connectivity index (χ4v) is 0.975. The first kappa shape index (κ1) is 12.9. The summed E-state index contributed by atoms with van der Waals surface area (Å²) in [6.07, 6.45) is 0.896. The summed E-state index contributed by atoms with van der Waals surface area (Å²) in [6.45, 7) is 4.41. The SMILES string of the molecule is CC(C)CC(=O)NCCC(=O)N(C)C. The number of carbonyl (C=O) groups is 2. The number of nitrogens with zero attached hydrogens (tertiary/aromatic N) is 1. The number of hydrogen-bond donors (Lipinski definition) is 1. The van der Waals surface area contributed by atoms with Crippen LogP contribution in [0.3, 0.4) is 0 Å². The van der Waals surface area contributed by atoms with Gasteiger partial charge in [-0.05, 0) is 5.92 Å². The van der Waals surface area contributed by atoms with Crippen LogP contribution in [0.2, 0.25) is 0 Å². The Morgan fingerprint density at radius 1 is 1.29 bits per heavy atom. The molecule has 0 atom stereocenters. The molecule has 82 valence electrons. The first-order chi connectivity index (χ1) is 6.43. The van der Waals surface area contributed by atoms with E-state index in [-0.39, 0.29) is 11.8 Å². The summed E-state index contributed by atoms with van der Waals surface area (Å²) in [7, 11) is 3.41. The minimum Gasteiger partial charge on any atom is -0.356 e. The number of rotatable bonds is 5. The smallest absolute Gasteiger partial charge is 0.223 e. The second-order valence-corrected chi connectivity index (χ2v) is 3.99. The van der Waals surface area contributed by atoms with Gasteiger partial charge < -0.3 is 10.2 Å². The first-order valence-electron chi connectivity index (χ1n) is 4.90. The zero-order chi connectivity index (χ0) is 11.1. The summed E-state index contributed by atoms with van der Waals surface area (Å²) in [5.74, 6) is 0.418. The van der Waals surface area contributed by atoms with Crippen molar-refractivity contribution in [3.8, 4) is 0 Å². The van der Waals surface area contributed by atoms with Crippen LogP contribution in [0.4, 0.5) is 0 Å². The molecule has 0 saturated carbocycles. The van der Waals surface area contributed by atoms with Gasteiger partial charge in [0.1, 0.15) is 0 Å². The Hall–Kier alpha value is -1.06. The molecule has 0 aliphatic rings. The Labute approximate surface area is 85.7 Å². The monoisotopic (exact) mass is 200 g/mol. The third-order valence-electron chi connectivity index (χ3n) is 1.75. The first-order valence-corrected chi connectivity index (χ1v) is 4.90. The van der Waals surface area contributed by atoms with Crippen LogP contribution in [0.1, 0.15) is 26.7 Å². The van der Waals surface area contributed by atoms with Crippen LogP contribution in [0.15, 0.2) is 0 Å². The van der Waals surface area contributed by atoms with E-state index in [1.54, 1.807) is 14.1 Å². The largest absolute Gasteiger partial charge is 0.356 e. The van der Waals surface area contributed by atoms with Crippen LogP contribution < -0.4 is 5.32 Å². The molecule has 0 spiro atoms. The van der Waals surface area contributed by atoms with Crippen molar-refractivity contribution < 1.29 is 9.59 Å². The molecule has 4 heteroatoms. The van der Waals surface area contributed by atoms with E-state index in [2.05, 4.69) is 5.32 Å². The van der Waals surface area contributed by atoms with Gasteiger partial charge in [0.05, 0.1) is 0 Å². The average Bonchev–Trinajstić information content (AvgIpc) is 2.02. The van der Waals surface area contributed by atoms with Crippen LogP contribution in [0.5, 0.6) is 0 Å². The van der Waals surface area contributed by atoms with E-state index in [0.717, 1.165) is 0 Å². The van der Waals surface area contributed by atoms with Crippen molar-refractivity contribution in [3.63, 3.8) is 0 Å². The lowest BCUT2D eigenvalue weighted by Crippen LogP contribution is -2.30. The Kier molecular flexibility index (Phi) is 5.92. The highest BCUT2D eigenvalue weighted by Crippen LogP contribution is 1.97. The molecule has 14 heavy (non-hydrogen) atoms. The van der Waals surface area contributed by atoms with Crippen LogP contribution in [0.25, 0.3) is 0 Å². The Morgan fingerprint density at radius 3 is 2.29 bits per heavy atom. The molecule has 0 rings (SSSR count). The molecule has 0 heterocycles. The number of amides is 2. The third kappa shape index (κ3) is 6.46. The molecule has 0 aliphatic heterocycles. The van der Waals surface area contributed by atoms with Gasteiger partial charge in [-0.3, -0.25) is 9.59 Å². The lowest BCUT2D eigenvalue weighted by atomic mass is 10.1. The molecule has 0 bridgehead atoms. The van der Waals surface area contributed by atoms with Gasteiger partial charge in [-0.15, -0.1) is 0 Å². The molecule has 0 radical (unpaired) electrons. The lowest BCUT2D eigenvalue weighted by Gasteiger charge is -2.11. The summed E-state index contributed by atoms with van der Waals surface area (Å²) < 4.78 is 0. The van der Waals surface area contributed by atoms with Crippen molar-refractivity contribution in [1.29, 1.82) is 0 Å². The zero-order valence-corrected chi connectivity index (χ0v) is 9.46. The summed E-state index contributed by atoms with van der Waals surface area (Å²) in [5, 5.41) is 2.71. The molecule has 2 amide bonds. The molecular formula is C10H20N2O2. The van der Waals surface area contributed by atoms with Crippen LogP contribution >= 0.6 is 0 Å². The Bertz CT molecular complexity index is 200. The predicted molar refractivity (Wildman–Crippen MR) is 55.8 cm³/mol. The van der Waals surface area contributed by atoms with E-state index in [9.17, 15) is 9.59 Å². The molecule has 4 nitrogen and oxygen atoms in total. The van der Waals surface area contributed by atoms with E-state index >= 15 is 0 Å². The highest BCUT2D eigenvalue weighted by molar-refractivity contribution is 5.78. The molecule has 0 aromatic heterocycles. The standard InChI is InChI=1S/C10H20N2O2/c1-8(2)7-9(13)11-6-5-10(14)12(3)4/h8H,5-7H2,1-4H3,(H,11,13). The maximum atomic E-state index is 11.2. The van der Waals surface area contributed by atoms with E-state index < -0.39 is 0 Å². The molecule has 0 aliphatic carbocycles. The van der Waals surface area contributed by atoms with Crippen molar-refractivity contribution in [2.45, 2.75) is 26.7 Å². The van der Waals surface area contributed by atoms with E-state index in [4.69, 9.17) is 0 Å². The van der Waals surface area contributed by atoms with Gasteiger partial charge in [0, 0.05) is 33.5 Å². The Balaban J connectivity index is 3.54. The fourth-order valence-electron chi connectivity index (χ4n) is 0.975. The fraction of sp³-hybridized carbons (Fsp3) is 0.800. The Morgan fingerprint density at radius 2 is 1.86 bits per heavy atom. The van der Waals surface area contributed by atoms with Crippen molar-refractivity contribution in [1.82, 2.24) is 10.2 Å². The normalized spacial score (nSPS) is 10.1. The van der Waals surface area contributed by atoms with Crippen molar-refractivity contribution in [3.05, 3.63) is 0 Å².